The van der Waals surface area contributed by atoms with E-state index in [9.17, 15) is 8.42 Å². The van der Waals surface area contributed by atoms with E-state index < -0.39 is 9.84 Å². The van der Waals surface area contributed by atoms with Crippen LogP contribution in [0.1, 0.15) is 13.3 Å². The highest BCUT2D eigenvalue weighted by Gasteiger charge is 2.31. The van der Waals surface area contributed by atoms with E-state index in [0.29, 0.717) is 17.9 Å². The lowest BCUT2D eigenvalue weighted by Crippen LogP contribution is -2.34. The van der Waals surface area contributed by atoms with Gasteiger partial charge in [-0.1, -0.05) is 0 Å². The molecular weight excluding hydrogens is 346 g/mol. The molecule has 3 rings (SSSR count). The summed E-state index contributed by atoms with van der Waals surface area (Å²) in [6.45, 7) is 3.22. The lowest BCUT2D eigenvalue weighted by atomic mass is 10.2. The SMILES string of the molecule is CCn1c(-c2ccncc2)nn(CN(C)C2CCS(=O)(=O)C2)c1=S. The van der Waals surface area contributed by atoms with Gasteiger partial charge < -0.3 is 4.57 Å². The number of aromatic nitrogens is 4. The molecular formula is C15H21N5O2S2. The number of pyridine rings is 1. The predicted molar refractivity (Wildman–Crippen MR) is 94.8 cm³/mol. The Labute approximate surface area is 146 Å². The Morgan fingerprint density at radius 1 is 1.38 bits per heavy atom. The molecule has 0 N–H and O–H groups in total. The van der Waals surface area contributed by atoms with E-state index in [1.54, 1.807) is 17.1 Å². The smallest absolute Gasteiger partial charge is 0.199 e. The number of hydrogen-bond donors (Lipinski definition) is 0. The van der Waals surface area contributed by atoms with E-state index in [1.807, 2.05) is 35.6 Å². The Morgan fingerprint density at radius 2 is 2.08 bits per heavy atom. The second-order valence-corrected chi connectivity index (χ2v) is 8.64. The quantitative estimate of drug-likeness (QED) is 0.747. The van der Waals surface area contributed by atoms with Crippen LogP contribution in [-0.2, 0) is 23.1 Å². The van der Waals surface area contributed by atoms with Crippen LogP contribution in [0.15, 0.2) is 24.5 Å². The second kappa shape index (κ2) is 6.73. The molecule has 0 aliphatic carbocycles. The number of hydrogen-bond acceptors (Lipinski definition) is 6. The van der Waals surface area contributed by atoms with Gasteiger partial charge in [-0.25, -0.2) is 13.1 Å². The molecule has 1 aliphatic heterocycles. The van der Waals surface area contributed by atoms with E-state index in [1.165, 1.54) is 0 Å². The molecule has 7 nitrogen and oxygen atoms in total. The lowest BCUT2D eigenvalue weighted by Gasteiger charge is -2.22. The minimum absolute atomic E-state index is 0.0213. The fraction of sp³-hybridized carbons (Fsp3) is 0.533. The molecule has 0 spiro atoms. The van der Waals surface area contributed by atoms with Gasteiger partial charge in [-0.05, 0) is 44.7 Å². The third-order valence-electron chi connectivity index (χ3n) is 4.37. The molecule has 1 saturated heterocycles. The maximum absolute atomic E-state index is 11.7. The normalized spacial score (nSPS) is 19.9. The molecule has 1 atom stereocenters. The summed E-state index contributed by atoms with van der Waals surface area (Å²) in [6, 6.07) is 3.83. The largest absolute Gasteiger partial charge is 0.300 e. The summed E-state index contributed by atoms with van der Waals surface area (Å²) in [4.78, 5) is 6.05. The van der Waals surface area contributed by atoms with Crippen molar-refractivity contribution in [2.24, 2.45) is 0 Å². The summed E-state index contributed by atoms with van der Waals surface area (Å²) in [6.07, 6.45) is 4.12. The molecule has 1 unspecified atom stereocenters. The molecule has 2 aromatic rings. The van der Waals surface area contributed by atoms with Crippen LogP contribution in [-0.4, -0.2) is 57.2 Å². The minimum atomic E-state index is -2.90. The van der Waals surface area contributed by atoms with Crippen LogP contribution in [0.2, 0.25) is 0 Å². The predicted octanol–water partition coefficient (Wildman–Crippen LogP) is 1.57. The summed E-state index contributed by atoms with van der Waals surface area (Å²) >= 11 is 5.55. The van der Waals surface area contributed by atoms with E-state index in [2.05, 4.69) is 10.1 Å². The van der Waals surface area contributed by atoms with Crippen molar-refractivity contribution in [1.82, 2.24) is 24.2 Å². The zero-order chi connectivity index (χ0) is 17.3. The fourth-order valence-corrected chi connectivity index (χ4v) is 5.10. The summed E-state index contributed by atoms with van der Waals surface area (Å²) < 4.78 is 27.7. The Bertz CT molecular complexity index is 873. The van der Waals surface area contributed by atoms with Gasteiger partial charge in [-0.15, -0.1) is 0 Å². The van der Waals surface area contributed by atoms with Gasteiger partial charge in [-0.3, -0.25) is 9.88 Å². The van der Waals surface area contributed by atoms with Crippen LogP contribution in [0.5, 0.6) is 0 Å². The van der Waals surface area contributed by atoms with Crippen LogP contribution < -0.4 is 0 Å². The highest BCUT2D eigenvalue weighted by atomic mass is 32.2. The highest BCUT2D eigenvalue weighted by Crippen LogP contribution is 2.20. The van der Waals surface area contributed by atoms with Crippen molar-refractivity contribution in [3.63, 3.8) is 0 Å². The van der Waals surface area contributed by atoms with Gasteiger partial charge >= 0.3 is 0 Å². The maximum atomic E-state index is 11.7. The van der Waals surface area contributed by atoms with Gasteiger partial charge in [0, 0.05) is 30.5 Å². The summed E-state index contributed by atoms with van der Waals surface area (Å²) in [5.41, 5.74) is 0.961. The molecule has 1 fully saturated rings. The van der Waals surface area contributed by atoms with Gasteiger partial charge in [-0.2, -0.15) is 5.10 Å². The molecule has 0 radical (unpaired) electrons. The van der Waals surface area contributed by atoms with Crippen molar-refractivity contribution < 1.29 is 8.42 Å². The van der Waals surface area contributed by atoms with Gasteiger partial charge in [0.15, 0.2) is 20.4 Å². The minimum Gasteiger partial charge on any atom is -0.300 e. The highest BCUT2D eigenvalue weighted by molar-refractivity contribution is 7.91. The molecule has 0 saturated carbocycles. The third-order valence-corrected chi connectivity index (χ3v) is 6.55. The molecule has 0 amide bonds. The standard InChI is InChI=1S/C15H21N5O2S2/c1-3-19-14(12-4-7-16-8-5-12)17-20(15(19)23)11-18(2)13-6-9-24(21,22)10-13/h4-5,7-8,13H,3,6,9-11H2,1-2H3. The zero-order valence-electron chi connectivity index (χ0n) is 13.8. The van der Waals surface area contributed by atoms with Crippen molar-refractivity contribution >= 4 is 22.1 Å². The summed E-state index contributed by atoms with van der Waals surface area (Å²) in [5.74, 6) is 1.28. The van der Waals surface area contributed by atoms with Crippen molar-refractivity contribution in [3.05, 3.63) is 29.3 Å². The molecule has 9 heteroatoms. The van der Waals surface area contributed by atoms with Crippen LogP contribution in [0, 0.1) is 4.77 Å². The average molecular weight is 368 g/mol. The number of nitrogens with zero attached hydrogens (tertiary/aromatic N) is 5. The fourth-order valence-electron chi connectivity index (χ4n) is 2.98. The Balaban J connectivity index is 1.87. The molecule has 2 aromatic heterocycles. The first-order chi connectivity index (χ1) is 11.4. The van der Waals surface area contributed by atoms with Gasteiger partial charge in [0.25, 0.3) is 0 Å². The van der Waals surface area contributed by atoms with Crippen LogP contribution in [0.25, 0.3) is 11.4 Å². The van der Waals surface area contributed by atoms with Crippen LogP contribution in [0.4, 0.5) is 0 Å². The van der Waals surface area contributed by atoms with Crippen LogP contribution in [0.3, 0.4) is 0 Å². The number of rotatable bonds is 5. The maximum Gasteiger partial charge on any atom is 0.199 e. The molecule has 0 aromatic carbocycles. The summed E-state index contributed by atoms with van der Waals surface area (Å²) in [7, 11) is -0.982. The van der Waals surface area contributed by atoms with Crippen LogP contribution >= 0.6 is 12.2 Å². The third kappa shape index (κ3) is 3.42. The number of sulfone groups is 1. The average Bonchev–Trinajstić information content (AvgIpc) is 3.08. The van der Waals surface area contributed by atoms with E-state index in [0.717, 1.165) is 17.9 Å². The topological polar surface area (TPSA) is 73.0 Å². The summed E-state index contributed by atoms with van der Waals surface area (Å²) in [5, 5.41) is 4.66. The molecule has 1 aliphatic rings. The second-order valence-electron chi connectivity index (χ2n) is 6.04. The first-order valence-corrected chi connectivity index (χ1v) is 10.1. The zero-order valence-corrected chi connectivity index (χ0v) is 15.4. The first kappa shape index (κ1) is 17.2. The van der Waals surface area contributed by atoms with E-state index in [-0.39, 0.29) is 17.5 Å². The first-order valence-electron chi connectivity index (χ1n) is 7.90. The van der Waals surface area contributed by atoms with Crippen molar-refractivity contribution in [1.29, 1.82) is 0 Å². The monoisotopic (exact) mass is 367 g/mol. The Hall–Kier alpha value is -1.58. The van der Waals surface area contributed by atoms with Crippen molar-refractivity contribution in [3.8, 4) is 11.4 Å². The van der Waals surface area contributed by atoms with E-state index >= 15 is 0 Å². The van der Waals surface area contributed by atoms with Crippen molar-refractivity contribution in [2.75, 3.05) is 18.6 Å². The Kier molecular flexibility index (Phi) is 4.84. The van der Waals surface area contributed by atoms with Crippen molar-refractivity contribution in [2.45, 2.75) is 32.6 Å². The van der Waals surface area contributed by atoms with Gasteiger partial charge in [0.2, 0.25) is 0 Å². The van der Waals surface area contributed by atoms with E-state index in [4.69, 9.17) is 12.2 Å². The van der Waals surface area contributed by atoms with Gasteiger partial charge in [0.1, 0.15) is 0 Å². The lowest BCUT2D eigenvalue weighted by molar-refractivity contribution is 0.196. The molecule has 3 heterocycles. The molecule has 24 heavy (non-hydrogen) atoms. The Morgan fingerprint density at radius 3 is 2.67 bits per heavy atom. The molecule has 0 bridgehead atoms. The molecule has 130 valence electrons. The van der Waals surface area contributed by atoms with Gasteiger partial charge in [0.05, 0.1) is 18.2 Å².